The molecular formula is C43H66N12O12S2. The number of aromatic hydroxyl groups is 1. The van der Waals surface area contributed by atoms with Gasteiger partial charge in [-0.05, 0) is 55.2 Å². The summed E-state index contributed by atoms with van der Waals surface area (Å²) in [6.07, 6.45) is -2.06. The highest BCUT2D eigenvalue weighted by molar-refractivity contribution is 8.76. The number of rotatable bonds is 17. The molecule has 0 spiro atoms. The monoisotopic (exact) mass is 1010 g/mol. The van der Waals surface area contributed by atoms with Crippen LogP contribution in [0.5, 0.6) is 5.75 Å². The molecular weight excluding hydrogens is 941 g/mol. The molecule has 2 aliphatic rings. The number of primary amides is 3. The highest BCUT2D eigenvalue weighted by atomic mass is 33.1. The highest BCUT2D eigenvalue weighted by Crippen LogP contribution is 2.26. The molecule has 2 fully saturated rings. The number of carbonyl (C=O) groups excluding carboxylic acids is 11. The van der Waals surface area contributed by atoms with Crippen molar-refractivity contribution < 1.29 is 64.7 Å². The van der Waals surface area contributed by atoms with Crippen LogP contribution >= 0.6 is 21.6 Å². The van der Waals surface area contributed by atoms with Gasteiger partial charge < -0.3 is 70.2 Å². The van der Waals surface area contributed by atoms with Crippen molar-refractivity contribution in [2.24, 2.45) is 34.8 Å². The molecule has 0 aromatic heterocycles. The van der Waals surface area contributed by atoms with E-state index in [0.717, 1.165) is 26.5 Å². The Morgan fingerprint density at radius 1 is 0.841 bits per heavy atom. The van der Waals surface area contributed by atoms with Crippen LogP contribution in [-0.2, 0) is 59.2 Å². The van der Waals surface area contributed by atoms with Gasteiger partial charge in [0.2, 0.25) is 65.0 Å². The van der Waals surface area contributed by atoms with Gasteiger partial charge in [0.25, 0.3) is 0 Å². The fourth-order valence-electron chi connectivity index (χ4n) is 7.14. The smallest absolute Gasteiger partial charge is 0.246 e. The Hall–Kier alpha value is -6.15. The average molecular weight is 1010 g/mol. The quantitative estimate of drug-likeness (QED) is 0.0671. The largest absolute Gasteiger partial charge is 0.508 e. The minimum absolute atomic E-state index is 0.0300. The number of hydrogen-bond acceptors (Lipinski definition) is 15. The first-order valence-electron chi connectivity index (χ1n) is 24.5. The second kappa shape index (κ2) is 27.7. The second-order valence-electron chi connectivity index (χ2n) is 16.7. The van der Waals surface area contributed by atoms with Crippen LogP contribution in [0, 0.1) is 11.8 Å². The predicted molar refractivity (Wildman–Crippen MR) is 254 cm³/mol. The van der Waals surface area contributed by atoms with Crippen LogP contribution in [-0.4, -0.2) is 148 Å². The van der Waals surface area contributed by atoms with Gasteiger partial charge in [0, 0.05) is 35.0 Å². The van der Waals surface area contributed by atoms with Gasteiger partial charge in [0.15, 0.2) is 0 Å². The average Bonchev–Trinajstić information content (AvgIpc) is 3.81. The second-order valence-corrected chi connectivity index (χ2v) is 19.3. The van der Waals surface area contributed by atoms with E-state index in [2.05, 4.69) is 31.9 Å². The molecule has 382 valence electrons. The Labute approximate surface area is 414 Å². The Balaban J connectivity index is 2.08. The third-order valence-corrected chi connectivity index (χ3v) is 13.5. The molecule has 0 radical (unpaired) electrons. The maximum absolute atomic E-state index is 14.6. The van der Waals surface area contributed by atoms with Crippen LogP contribution in [0.3, 0.4) is 0 Å². The summed E-state index contributed by atoms with van der Waals surface area (Å²) >= 11 is 0. The predicted octanol–water partition coefficient (Wildman–Crippen LogP) is -3.61. The summed E-state index contributed by atoms with van der Waals surface area (Å²) in [7, 11) is 1.88. The summed E-state index contributed by atoms with van der Waals surface area (Å²) in [5, 5.41) is 26.5. The molecule has 24 nitrogen and oxygen atoms in total. The van der Waals surface area contributed by atoms with Crippen molar-refractivity contribution in [3.8, 4) is 5.75 Å². The van der Waals surface area contributed by atoms with Crippen molar-refractivity contribution in [2.45, 2.75) is 127 Å². The van der Waals surface area contributed by atoms with Crippen LogP contribution in [0.1, 0.15) is 85.0 Å². The highest BCUT2D eigenvalue weighted by Gasteiger charge is 2.41. The first kappa shape index (κ1) is 49.3. The molecule has 1 aromatic carbocycles. The van der Waals surface area contributed by atoms with E-state index >= 15 is 0 Å². The van der Waals surface area contributed by atoms with E-state index in [4.69, 9.17) is 29.8 Å². The van der Waals surface area contributed by atoms with Gasteiger partial charge in [0.05, 0.1) is 21.7 Å². The minimum atomic E-state index is -3.12. The molecule has 26 heteroatoms. The fourth-order valence-corrected chi connectivity index (χ4v) is 9.42. The van der Waals surface area contributed by atoms with Crippen LogP contribution in [0.25, 0.3) is 0 Å². The van der Waals surface area contributed by atoms with Gasteiger partial charge >= 0.3 is 0 Å². The molecule has 11 amide bonds. The lowest BCUT2D eigenvalue weighted by Crippen LogP contribution is -2.61. The number of nitrogens with one attached hydrogen (secondary N) is 7. The number of likely N-dealkylation sites (tertiary alicyclic amines) is 1. The number of nitrogens with two attached hydrogens (primary N) is 4. The Morgan fingerprint density at radius 3 is 2.09 bits per heavy atom. The Kier molecular flexibility index (Phi) is 19.8. The summed E-state index contributed by atoms with van der Waals surface area (Å²) < 4.78 is 39.0. The zero-order valence-electron chi connectivity index (χ0n) is 43.4. The van der Waals surface area contributed by atoms with Crippen LogP contribution in [0.2, 0.25) is 0 Å². The van der Waals surface area contributed by atoms with Crippen molar-refractivity contribution in [2.75, 3.05) is 24.5 Å². The Morgan fingerprint density at radius 2 is 1.46 bits per heavy atom. The van der Waals surface area contributed by atoms with Crippen LogP contribution in [0.15, 0.2) is 24.3 Å². The Bertz CT molecular complexity index is 2250. The molecule has 3 rings (SSSR count). The topological polar surface area (TPSA) is 400 Å². The number of phenols is 1. The van der Waals surface area contributed by atoms with E-state index in [1.807, 2.05) is 0 Å². The van der Waals surface area contributed by atoms with Crippen molar-refractivity contribution >= 4 is 86.6 Å². The zero-order valence-corrected chi connectivity index (χ0v) is 40.0. The zero-order chi connectivity index (χ0) is 55.8. The van der Waals surface area contributed by atoms with Gasteiger partial charge in [-0.15, -0.1) is 0 Å². The third-order valence-electron chi connectivity index (χ3n) is 11.0. The van der Waals surface area contributed by atoms with Gasteiger partial charge in [0.1, 0.15) is 48.0 Å². The lowest BCUT2D eigenvalue weighted by molar-refractivity contribution is -0.142. The number of carbonyl (C=O) groups is 11. The molecule has 2 saturated heterocycles. The maximum Gasteiger partial charge on any atom is 0.246 e. The van der Waals surface area contributed by atoms with Crippen molar-refractivity contribution in [3.05, 3.63) is 29.8 Å². The summed E-state index contributed by atoms with van der Waals surface area (Å²) in [5.41, 5.74) is 22.7. The summed E-state index contributed by atoms with van der Waals surface area (Å²) in [6.45, 7) is -1.30. The third kappa shape index (κ3) is 18.7. The molecule has 1 aromatic rings. The van der Waals surface area contributed by atoms with Crippen molar-refractivity contribution in [3.63, 3.8) is 0 Å². The fraction of sp³-hybridized carbons (Fsp3) is 0.605. The molecule has 2 heterocycles. The van der Waals surface area contributed by atoms with Crippen molar-refractivity contribution in [1.82, 2.24) is 42.1 Å². The number of amides is 11. The lowest BCUT2D eigenvalue weighted by Gasteiger charge is -2.31. The minimum Gasteiger partial charge on any atom is -0.508 e. The molecule has 10 atom stereocenters. The van der Waals surface area contributed by atoms with Crippen LogP contribution < -0.4 is 60.2 Å². The number of hydrogen-bond donors (Lipinski definition) is 12. The van der Waals surface area contributed by atoms with E-state index in [1.54, 1.807) is 19.2 Å². The normalized spacial score (nSPS) is 26.1. The summed E-state index contributed by atoms with van der Waals surface area (Å²) in [4.78, 5) is 149. The van der Waals surface area contributed by atoms with Crippen LogP contribution in [0.4, 0.5) is 0 Å². The molecule has 0 saturated carbocycles. The molecule has 0 bridgehead atoms. The summed E-state index contributed by atoms with van der Waals surface area (Å²) in [6, 6.07) is -6.54. The lowest BCUT2D eigenvalue weighted by atomic mass is 9.96. The standard InChI is InChI=1S/C43H66N12O12S2/c1-5-22(4)35-42(66)49-26(12-13-32(45)57)38(62)51-29(17-33(46)58)39(63)53-30(20-69-68-19-25(44)36(60)50-28(40(64)54-35)16-23-8-10-24(56)11-9-23)43(67)55-14-6-7-31(55)41(65)52-27(15-21(2)3)37(61)48-18-34(47)59/h8-11,21-22,25-31,35,56H,5-7,12-20,44H2,1-4H3,(H2,45,57)(H2,46,58)(H2,47,59)(H,48,61)(H,49,66)(H,50,60)(H,51,62)(H,52,65)(H,53,63)(H,54,64)/t22-,25-,26-,27-,28-,29-,30-,31-,35-/m0/s1/i2D3,18D2/t21?,22-,25-,26-,27-,28-,29-,30-,31-,35-. The SMILES string of the molecule is [2H]C([2H])(NC(=O)[C@H](CC(C)C([2H])([2H])[2H])NC(=O)[C@@H]1CCCN1C(=O)[C@@H]1CSSC[C@H](N)C(=O)N[C@@H](Cc2ccc(O)cc2)C(=O)N[C@@H]([C@@H](C)CC)C(=O)N[C@@H](CCC(N)=O)C(=O)N[C@@H](CC(N)=O)C(=O)N1)C(N)=O. The number of phenolic OH excluding ortho intramolecular Hbond substituents is 1. The van der Waals surface area contributed by atoms with E-state index in [-0.39, 0.29) is 43.1 Å². The first-order chi connectivity index (χ1) is 34.4. The van der Waals surface area contributed by atoms with Gasteiger partial charge in [-0.3, -0.25) is 52.7 Å². The van der Waals surface area contributed by atoms with E-state index in [9.17, 15) is 57.8 Å². The van der Waals surface area contributed by atoms with E-state index in [0.29, 0.717) is 12.0 Å². The molecule has 16 N–H and O–H groups in total. The van der Waals surface area contributed by atoms with Gasteiger partial charge in [-0.1, -0.05) is 67.8 Å². The van der Waals surface area contributed by atoms with Gasteiger partial charge in [-0.25, -0.2) is 0 Å². The summed E-state index contributed by atoms with van der Waals surface area (Å²) in [5.74, 6) is -14.1. The molecule has 2 aliphatic heterocycles. The van der Waals surface area contributed by atoms with E-state index < -0.39 is 164 Å². The van der Waals surface area contributed by atoms with E-state index in [1.165, 1.54) is 31.2 Å². The maximum atomic E-state index is 14.6. The number of benzene rings is 1. The van der Waals surface area contributed by atoms with Crippen molar-refractivity contribution in [1.29, 1.82) is 0 Å². The molecule has 69 heavy (non-hydrogen) atoms. The first-order valence-corrected chi connectivity index (χ1v) is 24.5. The number of nitrogens with zero attached hydrogens (tertiary/aromatic N) is 1. The molecule has 0 aliphatic carbocycles. The van der Waals surface area contributed by atoms with Gasteiger partial charge in [-0.2, -0.15) is 0 Å². The molecule has 1 unspecified atom stereocenters.